The van der Waals surface area contributed by atoms with Crippen molar-refractivity contribution in [3.8, 4) is 5.75 Å². The van der Waals surface area contributed by atoms with Gasteiger partial charge in [0.1, 0.15) is 23.2 Å². The number of thioether (sulfide) groups is 1. The Balaban J connectivity index is 1.09. The molecule has 3 fully saturated rings. The lowest BCUT2D eigenvalue weighted by Crippen LogP contribution is -2.51. The van der Waals surface area contributed by atoms with Gasteiger partial charge >= 0.3 is 11.9 Å². The molecule has 4 bridgehead atoms. The van der Waals surface area contributed by atoms with Gasteiger partial charge in [-0.25, -0.2) is 0 Å². The van der Waals surface area contributed by atoms with Gasteiger partial charge in [0, 0.05) is 11.8 Å². The highest BCUT2D eigenvalue weighted by atomic mass is 32.2. The maximum Gasteiger partial charge on any atom is 0.317 e. The lowest BCUT2D eigenvalue weighted by atomic mass is 9.59. The Morgan fingerprint density at radius 3 is 2.17 bits per heavy atom. The predicted octanol–water partition coefficient (Wildman–Crippen LogP) is 4.69. The first kappa shape index (κ1) is 31.1. The zero-order valence-electron chi connectivity index (χ0n) is 25.6. The van der Waals surface area contributed by atoms with Gasteiger partial charge in [0.25, 0.3) is 20.2 Å². The van der Waals surface area contributed by atoms with Crippen molar-refractivity contribution >= 4 is 43.9 Å². The second-order valence-electron chi connectivity index (χ2n) is 13.3. The van der Waals surface area contributed by atoms with E-state index in [2.05, 4.69) is 12.1 Å². The van der Waals surface area contributed by atoms with E-state index in [1.165, 1.54) is 41.9 Å². The van der Waals surface area contributed by atoms with Gasteiger partial charge in [-0.2, -0.15) is 16.8 Å². The molecule has 6 aliphatic rings. The topological polar surface area (TPSA) is 150 Å². The van der Waals surface area contributed by atoms with Gasteiger partial charge < -0.3 is 9.47 Å². The van der Waals surface area contributed by atoms with Gasteiger partial charge in [0.15, 0.2) is 0 Å². The van der Waals surface area contributed by atoms with E-state index < -0.39 is 72.0 Å². The van der Waals surface area contributed by atoms with Crippen LogP contribution >= 0.6 is 11.8 Å². The lowest BCUT2D eigenvalue weighted by molar-refractivity contribution is -0.162. The summed E-state index contributed by atoms with van der Waals surface area (Å²) in [7, 11) is -8.73. The van der Waals surface area contributed by atoms with Crippen molar-refractivity contribution in [3.05, 3.63) is 94.0 Å². The van der Waals surface area contributed by atoms with E-state index in [0.717, 1.165) is 11.1 Å². The number of carbonyl (C=O) groups excluding carboxylic acids is 2. The Hall–Kier alpha value is -3.23. The van der Waals surface area contributed by atoms with Gasteiger partial charge in [0.2, 0.25) is 0 Å². The molecule has 1 N–H and O–H groups in total. The van der Waals surface area contributed by atoms with E-state index >= 15 is 0 Å². The zero-order valence-corrected chi connectivity index (χ0v) is 28.0. The summed E-state index contributed by atoms with van der Waals surface area (Å²) in [6, 6.07) is 18.9. The molecule has 13 heteroatoms. The minimum absolute atomic E-state index is 0.0285. The van der Waals surface area contributed by atoms with E-state index in [9.17, 15) is 31.0 Å². The smallest absolute Gasteiger partial charge is 0.317 e. The number of ether oxygens (including phenoxy) is 2. The quantitative estimate of drug-likeness (QED) is 0.166. The van der Waals surface area contributed by atoms with Crippen molar-refractivity contribution < 1.29 is 44.6 Å². The van der Waals surface area contributed by atoms with Crippen LogP contribution in [0.3, 0.4) is 0 Å². The number of fused-ring (bicyclic) bond motifs is 2. The summed E-state index contributed by atoms with van der Waals surface area (Å²) in [6.45, 7) is 4.99. The molecule has 7 atom stereocenters. The minimum Gasteiger partial charge on any atom is -0.458 e. The Kier molecular flexibility index (Phi) is 7.03. The Morgan fingerprint density at radius 2 is 1.57 bits per heavy atom. The molecule has 0 radical (unpaired) electrons. The van der Waals surface area contributed by atoms with Gasteiger partial charge in [-0.3, -0.25) is 18.3 Å². The summed E-state index contributed by atoms with van der Waals surface area (Å²) in [5, 5.41) is -2.50. The fraction of sp³-hybridized carbons (Fsp3) is 0.412. The molecule has 0 aromatic heterocycles. The van der Waals surface area contributed by atoms with Gasteiger partial charge in [-0.1, -0.05) is 62.4 Å². The normalized spacial score (nSPS) is 32.2. The number of carbonyl (C=O) groups is 2. The number of hydrogen-bond acceptors (Lipinski definition) is 10. The van der Waals surface area contributed by atoms with Crippen molar-refractivity contribution in [1.82, 2.24) is 0 Å². The van der Waals surface area contributed by atoms with Crippen LogP contribution in [0, 0.1) is 18.8 Å². The van der Waals surface area contributed by atoms with Crippen LogP contribution in [0.1, 0.15) is 71.4 Å². The molecule has 3 aliphatic carbocycles. The van der Waals surface area contributed by atoms with Crippen LogP contribution in [0.25, 0.3) is 0 Å². The molecular weight excluding hydrogens is 665 g/mol. The molecular formula is C34H32O10S3. The van der Waals surface area contributed by atoms with Crippen LogP contribution in [0.4, 0.5) is 0 Å². The maximum absolute atomic E-state index is 14.1. The lowest BCUT2D eigenvalue weighted by Gasteiger charge is -2.44. The SMILES string of the molecule is Cc1cc(S(=O)(=O)O)c(C(C)C)cc1OC(=O)C1C2SC3C(OS(=O)(=O)C31)C2OC(=O)C1CC2c3ccccc3C1c1ccccc12. The molecule has 3 aromatic rings. The maximum atomic E-state index is 14.1. The van der Waals surface area contributed by atoms with Crippen LogP contribution in [-0.2, 0) is 38.7 Å². The van der Waals surface area contributed by atoms with Crippen LogP contribution in [0.2, 0.25) is 0 Å². The van der Waals surface area contributed by atoms with Crippen molar-refractivity contribution in [1.29, 1.82) is 0 Å². The highest BCUT2D eigenvalue weighted by Crippen LogP contribution is 2.60. The van der Waals surface area contributed by atoms with Crippen LogP contribution in [0.5, 0.6) is 5.75 Å². The molecule has 47 heavy (non-hydrogen) atoms. The first-order valence-corrected chi connectivity index (χ1v) is 19.4. The molecule has 246 valence electrons. The minimum atomic E-state index is -4.54. The summed E-state index contributed by atoms with van der Waals surface area (Å²) in [5.74, 6) is -3.43. The third kappa shape index (κ3) is 4.64. The first-order valence-electron chi connectivity index (χ1n) is 15.6. The fourth-order valence-electron chi connectivity index (χ4n) is 8.46. The molecule has 3 aliphatic heterocycles. The summed E-state index contributed by atoms with van der Waals surface area (Å²) in [6.07, 6.45) is -1.33. The molecule has 9 rings (SSSR count). The fourth-order valence-corrected chi connectivity index (χ4v) is 13.8. The third-order valence-corrected chi connectivity index (χ3v) is 15.0. The Bertz CT molecular complexity index is 2030. The molecule has 0 amide bonds. The summed E-state index contributed by atoms with van der Waals surface area (Å²) in [5.41, 5.74) is 5.09. The number of hydrogen-bond donors (Lipinski definition) is 1. The predicted molar refractivity (Wildman–Crippen MR) is 172 cm³/mol. The van der Waals surface area contributed by atoms with Gasteiger partial charge in [-0.15, -0.1) is 11.8 Å². The molecule has 0 saturated carbocycles. The monoisotopic (exact) mass is 696 g/mol. The largest absolute Gasteiger partial charge is 0.458 e. The number of aryl methyl sites for hydroxylation is 1. The number of rotatable bonds is 6. The molecule has 0 spiro atoms. The molecule has 3 saturated heterocycles. The van der Waals surface area contributed by atoms with Crippen molar-refractivity contribution in [3.63, 3.8) is 0 Å². The van der Waals surface area contributed by atoms with Crippen molar-refractivity contribution in [2.45, 2.75) is 77.8 Å². The average molecular weight is 697 g/mol. The van der Waals surface area contributed by atoms with E-state index in [1.807, 2.05) is 36.4 Å². The van der Waals surface area contributed by atoms with Crippen molar-refractivity contribution in [2.75, 3.05) is 0 Å². The van der Waals surface area contributed by atoms with Gasteiger partial charge in [0.05, 0.1) is 27.2 Å². The zero-order chi connectivity index (χ0) is 33.2. The van der Waals surface area contributed by atoms with E-state index in [4.69, 9.17) is 13.7 Å². The number of esters is 2. The van der Waals surface area contributed by atoms with E-state index in [0.29, 0.717) is 6.42 Å². The molecule has 3 heterocycles. The summed E-state index contributed by atoms with van der Waals surface area (Å²) >= 11 is 1.27. The standard InChI is InChI=1S/C34H32O10S3/c1-15(2)21-14-24(16(3)12-25(21)46(37,38)39)42-34(36)27-30-28(29-31(45-30)32(27)47(40,41)44-29)43-33(35)23-13-22-17-8-4-6-10-19(17)26(23)20-11-7-5-9-18(20)22/h4-12,14-15,22-23,26-32H,13H2,1-3H3,(H,37,38,39). The Labute approximate surface area is 277 Å². The second kappa shape index (κ2) is 10.6. The van der Waals surface area contributed by atoms with E-state index in [1.54, 1.807) is 13.8 Å². The average Bonchev–Trinajstić information content (AvgIpc) is 3.64. The van der Waals surface area contributed by atoms with Crippen LogP contribution in [0.15, 0.2) is 65.6 Å². The molecule has 3 aromatic carbocycles. The van der Waals surface area contributed by atoms with E-state index in [-0.39, 0.29) is 39.5 Å². The highest BCUT2D eigenvalue weighted by molar-refractivity contribution is 8.03. The molecule has 10 nitrogen and oxygen atoms in total. The summed E-state index contributed by atoms with van der Waals surface area (Å²) in [4.78, 5) is 27.6. The van der Waals surface area contributed by atoms with Crippen LogP contribution in [-0.4, -0.2) is 61.3 Å². The summed E-state index contributed by atoms with van der Waals surface area (Å²) < 4.78 is 77.8. The van der Waals surface area contributed by atoms with Gasteiger partial charge in [-0.05, 0) is 64.8 Å². The third-order valence-electron chi connectivity index (χ3n) is 10.4. The van der Waals surface area contributed by atoms with Crippen molar-refractivity contribution in [2.24, 2.45) is 11.8 Å². The van der Waals surface area contributed by atoms with Crippen LogP contribution < -0.4 is 4.74 Å². The Morgan fingerprint density at radius 1 is 0.957 bits per heavy atom. The number of benzene rings is 3. The first-order chi connectivity index (χ1) is 22.3. The second-order valence-corrected chi connectivity index (χ2v) is 17.8. The molecule has 7 unspecified atom stereocenters. The highest BCUT2D eigenvalue weighted by Gasteiger charge is 2.73.